The molecule has 1 heterocycles. The normalized spacial score (nSPS) is 14.6. The lowest BCUT2D eigenvalue weighted by atomic mass is 10.2. The quantitative estimate of drug-likeness (QED) is 0.845. The Morgan fingerprint density at radius 2 is 2.05 bits per heavy atom. The fourth-order valence-corrected chi connectivity index (χ4v) is 3.97. The molecule has 0 amide bonds. The van der Waals surface area contributed by atoms with E-state index in [1.807, 2.05) is 4.72 Å². The number of alkyl halides is 3. The van der Waals surface area contributed by atoms with Crippen molar-refractivity contribution in [3.05, 3.63) is 17.0 Å². The van der Waals surface area contributed by atoms with Crippen molar-refractivity contribution in [3.63, 3.8) is 0 Å². The molecule has 0 spiro atoms. The molecule has 0 aliphatic carbocycles. The van der Waals surface area contributed by atoms with E-state index in [0.717, 1.165) is 16.9 Å². The van der Waals surface area contributed by atoms with E-state index in [-0.39, 0.29) is 4.21 Å². The van der Waals surface area contributed by atoms with E-state index in [4.69, 9.17) is 0 Å². The van der Waals surface area contributed by atoms with Crippen LogP contribution < -0.4 is 10.0 Å². The number of sulfonamides is 1. The van der Waals surface area contributed by atoms with Crippen molar-refractivity contribution < 1.29 is 21.6 Å². The third kappa shape index (κ3) is 5.47. The largest absolute Gasteiger partial charge is 0.390 e. The van der Waals surface area contributed by atoms with E-state index >= 15 is 0 Å². The molecule has 1 atom stereocenters. The average molecular weight is 316 g/mol. The lowest BCUT2D eigenvalue weighted by Crippen LogP contribution is -2.35. The highest BCUT2D eigenvalue weighted by Crippen LogP contribution is 2.24. The first-order valence-corrected chi connectivity index (χ1v) is 7.81. The maximum Gasteiger partial charge on any atom is 0.390 e. The van der Waals surface area contributed by atoms with Gasteiger partial charge in [0.2, 0.25) is 10.0 Å². The minimum atomic E-state index is -4.39. The van der Waals surface area contributed by atoms with Gasteiger partial charge in [0.05, 0.1) is 6.42 Å². The summed E-state index contributed by atoms with van der Waals surface area (Å²) in [6, 6.07) is 0.254. The summed E-state index contributed by atoms with van der Waals surface area (Å²) in [5.74, 6) is 0. The number of hydrogen-bond acceptors (Lipinski definition) is 4. The monoisotopic (exact) mass is 316 g/mol. The molecule has 19 heavy (non-hydrogen) atoms. The first kappa shape index (κ1) is 16.4. The Bertz CT molecular complexity index is 511. The molecular weight excluding hydrogens is 301 g/mol. The lowest BCUT2D eigenvalue weighted by molar-refractivity contribution is -0.137. The maximum absolute atomic E-state index is 12.1. The van der Waals surface area contributed by atoms with Crippen molar-refractivity contribution in [2.75, 3.05) is 7.05 Å². The Kier molecular flexibility index (Phi) is 5.36. The van der Waals surface area contributed by atoms with Crippen LogP contribution in [0.1, 0.15) is 18.9 Å². The molecular formula is C10H15F3N2O2S2. The number of hydrogen-bond donors (Lipinski definition) is 2. The topological polar surface area (TPSA) is 58.2 Å². The van der Waals surface area contributed by atoms with Gasteiger partial charge >= 0.3 is 6.18 Å². The van der Waals surface area contributed by atoms with Crippen LogP contribution in [0, 0.1) is 0 Å². The van der Waals surface area contributed by atoms with E-state index in [2.05, 4.69) is 5.32 Å². The lowest BCUT2D eigenvalue weighted by Gasteiger charge is -2.15. The number of halogens is 3. The van der Waals surface area contributed by atoms with Crippen LogP contribution >= 0.6 is 11.3 Å². The molecule has 0 saturated carbocycles. The third-order valence-corrected chi connectivity index (χ3v) is 5.25. The number of thiophene rings is 1. The smallest absolute Gasteiger partial charge is 0.316 e. The van der Waals surface area contributed by atoms with E-state index in [9.17, 15) is 21.6 Å². The molecule has 0 fully saturated rings. The average Bonchev–Trinajstić information content (AvgIpc) is 2.63. The minimum absolute atomic E-state index is 0.0202. The predicted molar refractivity (Wildman–Crippen MR) is 67.5 cm³/mol. The summed E-state index contributed by atoms with van der Waals surface area (Å²) in [5.41, 5.74) is 0.774. The molecule has 1 unspecified atom stereocenters. The number of rotatable bonds is 6. The van der Waals surface area contributed by atoms with Gasteiger partial charge in [-0.3, -0.25) is 0 Å². The van der Waals surface area contributed by atoms with Crippen molar-refractivity contribution in [2.24, 2.45) is 0 Å². The van der Waals surface area contributed by atoms with Crippen molar-refractivity contribution >= 4 is 21.4 Å². The van der Waals surface area contributed by atoms with E-state index in [1.54, 1.807) is 12.4 Å². The van der Waals surface area contributed by atoms with Gasteiger partial charge in [-0.15, -0.1) is 11.3 Å². The fourth-order valence-electron chi connectivity index (χ4n) is 1.50. The second-order valence-corrected chi connectivity index (χ2v) is 7.00. The fraction of sp³-hybridized carbons (Fsp3) is 0.600. The van der Waals surface area contributed by atoms with Gasteiger partial charge in [0, 0.05) is 12.6 Å². The zero-order chi connectivity index (χ0) is 14.7. The van der Waals surface area contributed by atoms with E-state index in [0.29, 0.717) is 6.54 Å². The highest BCUT2D eigenvalue weighted by molar-refractivity contribution is 7.91. The molecule has 0 aromatic carbocycles. The van der Waals surface area contributed by atoms with Crippen LogP contribution in [0.3, 0.4) is 0 Å². The molecule has 0 saturated heterocycles. The molecule has 1 aromatic heterocycles. The van der Waals surface area contributed by atoms with Crippen LogP contribution in [-0.4, -0.2) is 27.7 Å². The predicted octanol–water partition coefficient (Wildman–Crippen LogP) is 2.09. The Hall–Kier alpha value is -0.640. The summed E-state index contributed by atoms with van der Waals surface area (Å²) < 4.78 is 62.2. The standard InChI is InChI=1S/C10H15F3N2O2S2/c1-7(4-10(11,12)13)15-19(16,17)9-3-8(5-14-2)6-18-9/h3,6-7,14-15H,4-5H2,1-2H3. The summed E-state index contributed by atoms with van der Waals surface area (Å²) in [5, 5.41) is 4.52. The van der Waals surface area contributed by atoms with Crippen LogP contribution in [0.15, 0.2) is 15.7 Å². The van der Waals surface area contributed by atoms with Gasteiger partial charge in [0.15, 0.2) is 0 Å². The number of nitrogens with one attached hydrogen (secondary N) is 2. The molecule has 110 valence electrons. The van der Waals surface area contributed by atoms with Crippen LogP contribution in [0.25, 0.3) is 0 Å². The molecule has 1 aromatic rings. The Balaban J connectivity index is 2.74. The minimum Gasteiger partial charge on any atom is -0.316 e. The Morgan fingerprint density at radius 1 is 1.42 bits per heavy atom. The molecule has 1 rings (SSSR count). The van der Waals surface area contributed by atoms with Gasteiger partial charge < -0.3 is 5.32 Å². The SMILES string of the molecule is CNCc1csc(S(=O)(=O)NC(C)CC(F)(F)F)c1. The highest BCUT2D eigenvalue weighted by Gasteiger charge is 2.32. The zero-order valence-electron chi connectivity index (χ0n) is 10.4. The first-order valence-electron chi connectivity index (χ1n) is 5.45. The molecule has 0 radical (unpaired) electrons. The Labute approximate surface area is 114 Å². The van der Waals surface area contributed by atoms with Gasteiger partial charge in [-0.2, -0.15) is 13.2 Å². The van der Waals surface area contributed by atoms with Gasteiger partial charge in [-0.25, -0.2) is 13.1 Å². The summed E-state index contributed by atoms with van der Waals surface area (Å²) in [7, 11) is -2.17. The summed E-state index contributed by atoms with van der Waals surface area (Å²) in [6.07, 6.45) is -5.59. The van der Waals surface area contributed by atoms with Crippen LogP contribution in [0.4, 0.5) is 13.2 Å². The first-order chi connectivity index (χ1) is 8.64. The van der Waals surface area contributed by atoms with Crippen molar-refractivity contribution in [2.45, 2.75) is 36.3 Å². The van der Waals surface area contributed by atoms with Crippen LogP contribution in [0.5, 0.6) is 0 Å². The zero-order valence-corrected chi connectivity index (χ0v) is 12.0. The molecule has 4 nitrogen and oxygen atoms in total. The van der Waals surface area contributed by atoms with Crippen molar-refractivity contribution in [3.8, 4) is 0 Å². The van der Waals surface area contributed by atoms with E-state index in [1.165, 1.54) is 13.0 Å². The third-order valence-electron chi connectivity index (χ3n) is 2.17. The molecule has 2 N–H and O–H groups in total. The second kappa shape index (κ2) is 6.21. The highest BCUT2D eigenvalue weighted by atomic mass is 32.2. The molecule has 0 aliphatic rings. The van der Waals surface area contributed by atoms with Crippen LogP contribution in [0.2, 0.25) is 0 Å². The summed E-state index contributed by atoms with van der Waals surface area (Å²) >= 11 is 0.985. The summed E-state index contributed by atoms with van der Waals surface area (Å²) in [6.45, 7) is 1.69. The molecule has 0 aliphatic heterocycles. The Morgan fingerprint density at radius 3 is 2.58 bits per heavy atom. The maximum atomic E-state index is 12.1. The van der Waals surface area contributed by atoms with Crippen molar-refractivity contribution in [1.29, 1.82) is 0 Å². The van der Waals surface area contributed by atoms with Gasteiger partial charge in [0.1, 0.15) is 4.21 Å². The molecule has 0 bridgehead atoms. The van der Waals surface area contributed by atoms with Crippen LogP contribution in [-0.2, 0) is 16.6 Å². The van der Waals surface area contributed by atoms with E-state index < -0.39 is 28.7 Å². The molecule has 9 heteroatoms. The van der Waals surface area contributed by atoms with Gasteiger partial charge in [-0.1, -0.05) is 0 Å². The van der Waals surface area contributed by atoms with Crippen molar-refractivity contribution in [1.82, 2.24) is 10.0 Å². The second-order valence-electron chi connectivity index (χ2n) is 4.15. The van der Waals surface area contributed by atoms with Gasteiger partial charge in [0.25, 0.3) is 0 Å². The van der Waals surface area contributed by atoms with Gasteiger partial charge in [-0.05, 0) is 31.0 Å². The summed E-state index contributed by atoms with van der Waals surface area (Å²) in [4.78, 5) is 0.